The summed E-state index contributed by atoms with van der Waals surface area (Å²) in [6.07, 6.45) is -1.79. The van der Waals surface area contributed by atoms with Gasteiger partial charge in [-0.2, -0.15) is 0 Å². The number of benzene rings is 2. The van der Waals surface area contributed by atoms with Crippen molar-refractivity contribution >= 4 is 34.3 Å². The monoisotopic (exact) mass is 491 g/mol. The first-order valence-electron chi connectivity index (χ1n) is 11.2. The molecule has 0 saturated heterocycles. The zero-order chi connectivity index (χ0) is 26.1. The van der Waals surface area contributed by atoms with Gasteiger partial charge in [0.2, 0.25) is 11.8 Å². The molecule has 9 heteroatoms. The lowest BCUT2D eigenvalue weighted by molar-refractivity contribution is -0.131. The second-order valence-corrected chi connectivity index (χ2v) is 11.1. The number of nitroso groups, excluding NO2 is 1. The van der Waals surface area contributed by atoms with Gasteiger partial charge in [-0.05, 0) is 51.5 Å². The number of aliphatic hydroxyl groups is 1. The molecule has 2 rings (SSSR count). The summed E-state index contributed by atoms with van der Waals surface area (Å²) in [6, 6.07) is 9.59. The maximum Gasteiger partial charge on any atom is 0.242 e. The first-order valence-corrected chi connectivity index (χ1v) is 12.1. The number of phenols is 1. The number of nitrogens with one attached hydrogen (secondary N) is 2. The number of nitrogens with zero attached hydrogens (tertiary/aromatic N) is 1. The summed E-state index contributed by atoms with van der Waals surface area (Å²) >= 11 is 1.15. The first kappa shape index (κ1) is 29.4. The number of aromatic hydroxyl groups is 1. The summed E-state index contributed by atoms with van der Waals surface area (Å²) < 4.78 is 0. The zero-order valence-electron chi connectivity index (χ0n) is 21.0. The van der Waals surface area contributed by atoms with E-state index in [1.807, 2.05) is 26.8 Å². The summed E-state index contributed by atoms with van der Waals surface area (Å²) in [7, 11) is 1.49. The highest BCUT2D eigenvalue weighted by Gasteiger charge is 2.33. The van der Waals surface area contributed by atoms with Gasteiger partial charge in [0.15, 0.2) is 6.23 Å². The molecule has 2 unspecified atom stereocenters. The predicted molar refractivity (Wildman–Crippen MR) is 138 cm³/mol. The van der Waals surface area contributed by atoms with Crippen LogP contribution < -0.4 is 10.6 Å². The van der Waals surface area contributed by atoms with Gasteiger partial charge in [-0.3, -0.25) is 9.59 Å². The van der Waals surface area contributed by atoms with Gasteiger partial charge in [-0.15, -0.1) is 16.7 Å². The van der Waals surface area contributed by atoms with Gasteiger partial charge in [0, 0.05) is 18.4 Å². The Hall–Kier alpha value is -2.65. The number of fused-ring (bicyclic) bond motifs is 1. The van der Waals surface area contributed by atoms with Crippen LogP contribution in [0.5, 0.6) is 5.75 Å². The summed E-state index contributed by atoms with van der Waals surface area (Å²) in [5.74, 6) is 0.193. The van der Waals surface area contributed by atoms with Crippen molar-refractivity contribution in [3.63, 3.8) is 0 Å². The van der Waals surface area contributed by atoms with Gasteiger partial charge in [0.05, 0.1) is 5.25 Å². The molecule has 0 fully saturated rings. The first-order chi connectivity index (χ1) is 15.8. The predicted octanol–water partition coefficient (Wildman–Crippen LogP) is 4.42. The molecule has 8 nitrogen and oxygen atoms in total. The third-order valence-electron chi connectivity index (χ3n) is 4.59. The largest absolute Gasteiger partial charge is 0.508 e. The van der Waals surface area contributed by atoms with E-state index in [-0.39, 0.29) is 18.1 Å². The van der Waals surface area contributed by atoms with Crippen LogP contribution in [-0.4, -0.2) is 46.6 Å². The summed E-state index contributed by atoms with van der Waals surface area (Å²) in [6.45, 7) is 12.0. The van der Waals surface area contributed by atoms with Crippen molar-refractivity contribution < 1.29 is 19.8 Å². The zero-order valence-corrected chi connectivity index (χ0v) is 21.8. The Morgan fingerprint density at radius 3 is 2.15 bits per heavy atom. The van der Waals surface area contributed by atoms with Crippen molar-refractivity contribution in [3.05, 3.63) is 41.3 Å². The molecule has 0 radical (unpaired) electrons. The number of hydrogen-bond acceptors (Lipinski definition) is 7. The number of carbonyl (C=O) groups excluding carboxylic acids is 2. The average molecular weight is 492 g/mol. The van der Waals surface area contributed by atoms with Gasteiger partial charge in [0.25, 0.3) is 0 Å². The Labute approximate surface area is 205 Å². The fraction of sp³-hybridized carbons (Fsp3) is 0.520. The molecule has 0 spiro atoms. The van der Waals surface area contributed by atoms with E-state index >= 15 is 0 Å². The van der Waals surface area contributed by atoms with Crippen molar-refractivity contribution in [2.45, 2.75) is 70.4 Å². The maximum atomic E-state index is 12.6. The molecule has 2 aromatic rings. The Kier molecular flexibility index (Phi) is 11.5. The lowest BCUT2D eigenvalue weighted by Crippen LogP contribution is -2.53. The third kappa shape index (κ3) is 9.69. The van der Waals surface area contributed by atoms with Crippen molar-refractivity contribution in [1.82, 2.24) is 10.6 Å². The molecule has 0 aliphatic heterocycles. The Balaban J connectivity index is 0.00000133. The summed E-state index contributed by atoms with van der Waals surface area (Å²) in [5.41, 5.74) is -0.524. The fourth-order valence-electron chi connectivity index (χ4n) is 2.96. The molecule has 34 heavy (non-hydrogen) atoms. The minimum Gasteiger partial charge on any atom is -0.508 e. The molecule has 4 N–H and O–H groups in total. The second kappa shape index (κ2) is 13.3. The topological polar surface area (TPSA) is 128 Å². The van der Waals surface area contributed by atoms with Crippen LogP contribution >= 0.6 is 11.8 Å². The highest BCUT2D eigenvalue weighted by Crippen LogP contribution is 2.32. The quantitative estimate of drug-likeness (QED) is 0.320. The van der Waals surface area contributed by atoms with E-state index in [2.05, 4.69) is 36.6 Å². The number of thioether (sulfide) groups is 1. The van der Waals surface area contributed by atoms with E-state index in [0.717, 1.165) is 33.3 Å². The molecular formula is C25H37N3O5S. The molecular weight excluding hydrogens is 454 g/mol. The maximum absolute atomic E-state index is 12.6. The van der Waals surface area contributed by atoms with Crippen LogP contribution in [-0.2, 0) is 9.59 Å². The lowest BCUT2D eigenvalue weighted by atomic mass is 9.86. The van der Waals surface area contributed by atoms with Gasteiger partial charge in [-0.25, -0.2) is 0 Å². The Bertz CT molecular complexity index is 972. The van der Waals surface area contributed by atoms with E-state index in [9.17, 15) is 24.7 Å². The highest BCUT2D eigenvalue weighted by atomic mass is 32.2. The number of likely N-dealkylation sites (N-methyl/N-ethyl adjacent to an activating group) is 1. The van der Waals surface area contributed by atoms with Crippen LogP contribution in [0.3, 0.4) is 0 Å². The molecule has 0 heterocycles. The van der Waals surface area contributed by atoms with Gasteiger partial charge in [0.1, 0.15) is 11.8 Å². The Morgan fingerprint density at radius 1 is 1.06 bits per heavy atom. The van der Waals surface area contributed by atoms with E-state index in [1.54, 1.807) is 30.3 Å². The van der Waals surface area contributed by atoms with E-state index < -0.39 is 28.8 Å². The number of rotatable bonds is 8. The normalized spacial score (nSPS) is 13.9. The minimum absolute atomic E-state index is 0.155. The van der Waals surface area contributed by atoms with Crippen LogP contribution in [0, 0.1) is 16.2 Å². The molecule has 0 aromatic heterocycles. The van der Waals surface area contributed by atoms with Crippen LogP contribution in [0.1, 0.15) is 48.0 Å². The van der Waals surface area contributed by atoms with Crippen LogP contribution in [0.4, 0.5) is 0 Å². The van der Waals surface area contributed by atoms with Crippen LogP contribution in [0.25, 0.3) is 10.8 Å². The van der Waals surface area contributed by atoms with Crippen LogP contribution in [0.2, 0.25) is 0 Å². The molecule has 188 valence electrons. The summed E-state index contributed by atoms with van der Waals surface area (Å²) in [5, 5.41) is 28.4. The Morgan fingerprint density at radius 2 is 1.62 bits per heavy atom. The van der Waals surface area contributed by atoms with Crippen molar-refractivity contribution in [2.75, 3.05) is 7.05 Å². The number of hydrogen-bond donors (Lipinski definition) is 4. The molecule has 0 saturated carbocycles. The standard InChI is InChI=1S/C21H27N3O5S.C4H10/c1-21(2,3)18(20(28)22-4)23-17(26)11-16(19(27)24-29)30-15-8-6-12-9-14(25)7-5-13(12)10-15;1-4(2)3/h5-10,16,18-19,25,27H,11H2,1-4H3,(H,22,28)(H,23,26);4H,1-3H3/t16?,18-,19?;/m1./s1. The average Bonchev–Trinajstić information content (AvgIpc) is 2.74. The fourth-order valence-corrected chi connectivity index (χ4v) is 4.05. The number of aliphatic hydroxyl groups excluding tert-OH is 1. The van der Waals surface area contributed by atoms with Gasteiger partial charge in [-0.1, -0.05) is 53.7 Å². The smallest absolute Gasteiger partial charge is 0.242 e. The van der Waals surface area contributed by atoms with Gasteiger partial charge < -0.3 is 20.8 Å². The SMILES string of the molecule is CC(C)C.CNC(=O)[C@@H](NC(=O)CC(Sc1ccc2cc(O)ccc2c1)C(O)N=O)C(C)(C)C. The summed E-state index contributed by atoms with van der Waals surface area (Å²) in [4.78, 5) is 36.4. The van der Waals surface area contributed by atoms with Crippen molar-refractivity contribution in [1.29, 1.82) is 0 Å². The lowest BCUT2D eigenvalue weighted by Gasteiger charge is -2.30. The molecule has 2 amide bonds. The second-order valence-electron chi connectivity index (χ2n) is 9.79. The molecule has 2 aromatic carbocycles. The van der Waals surface area contributed by atoms with E-state index in [1.165, 1.54) is 7.05 Å². The van der Waals surface area contributed by atoms with Crippen molar-refractivity contribution in [3.8, 4) is 5.75 Å². The molecule has 0 bridgehead atoms. The third-order valence-corrected chi connectivity index (χ3v) is 5.83. The number of carbonyl (C=O) groups is 2. The van der Waals surface area contributed by atoms with Crippen LogP contribution in [0.15, 0.2) is 46.5 Å². The van der Waals surface area contributed by atoms with E-state index in [0.29, 0.717) is 0 Å². The molecule has 0 aliphatic rings. The minimum atomic E-state index is -1.59. The highest BCUT2D eigenvalue weighted by molar-refractivity contribution is 8.00. The van der Waals surface area contributed by atoms with Gasteiger partial charge >= 0.3 is 0 Å². The van der Waals surface area contributed by atoms with Crippen molar-refractivity contribution in [2.24, 2.45) is 16.5 Å². The molecule has 0 aliphatic carbocycles. The van der Waals surface area contributed by atoms with E-state index in [4.69, 9.17) is 0 Å². The number of amides is 2. The molecule has 3 atom stereocenters. The number of phenolic OH excluding ortho intramolecular Hbond substituents is 1.